The number of β-amino-alcohol motifs (C(OH)–C–C–N with tert-alkyl or cyclic N) is 1. The van der Waals surface area contributed by atoms with Crippen molar-refractivity contribution < 1.29 is 19.3 Å². The number of ether oxygens (including phenoxy) is 3. The van der Waals surface area contributed by atoms with Crippen LogP contribution in [0, 0.1) is 0 Å². The molecule has 2 aliphatic rings. The SMILES string of the molecule is O[C@@H](COc1ccc2c(c1)OCO2)CN1CCN(Cc2ccc(Cl)cc2)CC1. The van der Waals surface area contributed by atoms with Crippen molar-refractivity contribution in [1.82, 2.24) is 9.80 Å². The molecule has 4 rings (SSSR count). The van der Waals surface area contributed by atoms with E-state index in [1.54, 1.807) is 6.07 Å². The van der Waals surface area contributed by atoms with Crippen molar-refractivity contribution in [3.8, 4) is 17.2 Å². The van der Waals surface area contributed by atoms with Gasteiger partial charge in [-0.2, -0.15) is 0 Å². The van der Waals surface area contributed by atoms with Crippen LogP contribution in [0.2, 0.25) is 5.02 Å². The van der Waals surface area contributed by atoms with Gasteiger partial charge in [-0.05, 0) is 29.8 Å². The lowest BCUT2D eigenvalue weighted by molar-refractivity contribution is 0.0446. The maximum absolute atomic E-state index is 10.3. The summed E-state index contributed by atoms with van der Waals surface area (Å²) in [6.45, 7) is 5.89. The first-order valence-corrected chi connectivity index (χ1v) is 9.93. The quantitative estimate of drug-likeness (QED) is 0.765. The van der Waals surface area contributed by atoms with E-state index in [1.165, 1.54) is 5.56 Å². The molecule has 2 aliphatic heterocycles. The van der Waals surface area contributed by atoms with Crippen LogP contribution >= 0.6 is 11.6 Å². The maximum Gasteiger partial charge on any atom is 0.231 e. The second kappa shape index (κ2) is 9.01. The zero-order valence-electron chi connectivity index (χ0n) is 15.7. The lowest BCUT2D eigenvalue weighted by Gasteiger charge is -2.35. The van der Waals surface area contributed by atoms with Gasteiger partial charge in [0.25, 0.3) is 0 Å². The lowest BCUT2D eigenvalue weighted by Crippen LogP contribution is -2.48. The molecule has 0 bridgehead atoms. The van der Waals surface area contributed by atoms with Crippen LogP contribution < -0.4 is 14.2 Å². The molecular weight excluding hydrogens is 380 g/mol. The molecule has 1 saturated heterocycles. The van der Waals surface area contributed by atoms with Gasteiger partial charge in [0.15, 0.2) is 11.5 Å². The number of aliphatic hydroxyl groups excluding tert-OH is 1. The average Bonchev–Trinajstić information content (AvgIpc) is 3.17. The number of fused-ring (bicyclic) bond motifs is 1. The van der Waals surface area contributed by atoms with Crippen LogP contribution in [-0.4, -0.2) is 67.1 Å². The monoisotopic (exact) mass is 404 g/mol. The number of hydrogen-bond donors (Lipinski definition) is 1. The van der Waals surface area contributed by atoms with Crippen molar-refractivity contribution in [3.63, 3.8) is 0 Å². The molecule has 2 aromatic rings. The van der Waals surface area contributed by atoms with Crippen molar-refractivity contribution in [2.24, 2.45) is 0 Å². The van der Waals surface area contributed by atoms with Crippen LogP contribution in [-0.2, 0) is 6.54 Å². The van der Waals surface area contributed by atoms with Gasteiger partial charge in [0.2, 0.25) is 6.79 Å². The molecule has 0 spiro atoms. The molecule has 0 aliphatic carbocycles. The van der Waals surface area contributed by atoms with Gasteiger partial charge < -0.3 is 19.3 Å². The van der Waals surface area contributed by atoms with Gasteiger partial charge in [0.05, 0.1) is 0 Å². The van der Waals surface area contributed by atoms with Crippen LogP contribution in [0.1, 0.15) is 5.56 Å². The largest absolute Gasteiger partial charge is 0.491 e. The highest BCUT2D eigenvalue weighted by molar-refractivity contribution is 6.30. The van der Waals surface area contributed by atoms with Crippen molar-refractivity contribution >= 4 is 11.6 Å². The lowest BCUT2D eigenvalue weighted by atomic mass is 10.2. The van der Waals surface area contributed by atoms with Gasteiger partial charge in [-0.25, -0.2) is 0 Å². The minimum atomic E-state index is -0.534. The number of aliphatic hydroxyl groups is 1. The fourth-order valence-electron chi connectivity index (χ4n) is 3.49. The topological polar surface area (TPSA) is 54.4 Å². The predicted molar refractivity (Wildman–Crippen MR) is 107 cm³/mol. The zero-order chi connectivity index (χ0) is 19.3. The van der Waals surface area contributed by atoms with E-state index in [0.29, 0.717) is 18.0 Å². The number of hydrogen-bond acceptors (Lipinski definition) is 6. The van der Waals surface area contributed by atoms with Crippen molar-refractivity contribution in [2.75, 3.05) is 46.1 Å². The summed E-state index contributed by atoms with van der Waals surface area (Å²) < 4.78 is 16.3. The van der Waals surface area contributed by atoms with E-state index in [9.17, 15) is 5.11 Å². The highest BCUT2D eigenvalue weighted by Gasteiger charge is 2.20. The van der Waals surface area contributed by atoms with Crippen molar-refractivity contribution in [2.45, 2.75) is 12.6 Å². The highest BCUT2D eigenvalue weighted by Crippen LogP contribution is 2.35. The van der Waals surface area contributed by atoms with Crippen LogP contribution in [0.15, 0.2) is 42.5 Å². The molecule has 2 aromatic carbocycles. The Morgan fingerprint density at radius 3 is 2.46 bits per heavy atom. The van der Waals surface area contributed by atoms with E-state index in [4.69, 9.17) is 25.8 Å². The molecule has 0 amide bonds. The van der Waals surface area contributed by atoms with Gasteiger partial charge >= 0.3 is 0 Å². The Balaban J connectivity index is 1.17. The Bertz CT molecular complexity index is 778. The van der Waals surface area contributed by atoms with Crippen LogP contribution in [0.4, 0.5) is 0 Å². The molecule has 150 valence electrons. The fraction of sp³-hybridized carbons (Fsp3) is 0.429. The summed E-state index contributed by atoms with van der Waals surface area (Å²) in [6.07, 6.45) is -0.534. The second-order valence-corrected chi connectivity index (χ2v) is 7.62. The normalized spacial score (nSPS) is 18.2. The molecule has 0 aromatic heterocycles. The summed E-state index contributed by atoms with van der Waals surface area (Å²) in [6, 6.07) is 13.5. The van der Waals surface area contributed by atoms with Gasteiger partial charge in [-0.1, -0.05) is 23.7 Å². The summed E-state index contributed by atoms with van der Waals surface area (Å²) in [5.74, 6) is 2.09. The molecule has 0 radical (unpaired) electrons. The number of rotatable bonds is 7. The van der Waals surface area contributed by atoms with Gasteiger partial charge in [-0.15, -0.1) is 0 Å². The molecule has 7 heteroatoms. The molecular formula is C21H25ClN2O4. The average molecular weight is 405 g/mol. The molecule has 0 saturated carbocycles. The molecule has 0 unspecified atom stereocenters. The first-order chi connectivity index (χ1) is 13.7. The second-order valence-electron chi connectivity index (χ2n) is 7.18. The van der Waals surface area contributed by atoms with E-state index < -0.39 is 6.10 Å². The minimum absolute atomic E-state index is 0.241. The summed E-state index contributed by atoms with van der Waals surface area (Å²) in [7, 11) is 0. The first-order valence-electron chi connectivity index (χ1n) is 9.55. The van der Waals surface area contributed by atoms with E-state index in [2.05, 4.69) is 21.9 Å². The molecule has 2 heterocycles. The first kappa shape index (κ1) is 19.3. The Labute approximate surface area is 170 Å². The fourth-order valence-corrected chi connectivity index (χ4v) is 3.61. The van der Waals surface area contributed by atoms with E-state index in [1.807, 2.05) is 24.3 Å². The molecule has 1 fully saturated rings. The minimum Gasteiger partial charge on any atom is -0.491 e. The van der Waals surface area contributed by atoms with E-state index >= 15 is 0 Å². The maximum atomic E-state index is 10.3. The van der Waals surface area contributed by atoms with Crippen molar-refractivity contribution in [1.29, 1.82) is 0 Å². The summed E-state index contributed by atoms with van der Waals surface area (Å²) >= 11 is 5.95. The molecule has 6 nitrogen and oxygen atoms in total. The van der Waals surface area contributed by atoms with E-state index in [0.717, 1.165) is 43.5 Å². The van der Waals surface area contributed by atoms with Crippen LogP contribution in [0.5, 0.6) is 17.2 Å². The number of benzene rings is 2. The highest BCUT2D eigenvalue weighted by atomic mass is 35.5. The van der Waals surface area contributed by atoms with Crippen LogP contribution in [0.25, 0.3) is 0 Å². The number of halogens is 1. The molecule has 28 heavy (non-hydrogen) atoms. The van der Waals surface area contributed by atoms with Gasteiger partial charge in [-0.3, -0.25) is 9.80 Å². The molecule has 1 N–H and O–H groups in total. The predicted octanol–water partition coefficient (Wildman–Crippen LogP) is 2.63. The summed E-state index contributed by atoms with van der Waals surface area (Å²) in [4.78, 5) is 4.71. The third kappa shape index (κ3) is 5.08. The van der Waals surface area contributed by atoms with Gasteiger partial charge in [0, 0.05) is 50.4 Å². The Kier molecular flexibility index (Phi) is 6.22. The Morgan fingerprint density at radius 1 is 0.964 bits per heavy atom. The number of piperazine rings is 1. The summed E-state index contributed by atoms with van der Waals surface area (Å²) in [5, 5.41) is 11.1. The van der Waals surface area contributed by atoms with E-state index in [-0.39, 0.29) is 13.4 Å². The number of nitrogens with zero attached hydrogens (tertiary/aromatic N) is 2. The summed E-state index contributed by atoms with van der Waals surface area (Å²) in [5.41, 5.74) is 1.27. The molecule has 1 atom stereocenters. The van der Waals surface area contributed by atoms with Crippen LogP contribution in [0.3, 0.4) is 0 Å². The smallest absolute Gasteiger partial charge is 0.231 e. The third-order valence-corrected chi connectivity index (χ3v) is 5.29. The Morgan fingerprint density at radius 2 is 1.68 bits per heavy atom. The Hall–Kier alpha value is -1.99. The zero-order valence-corrected chi connectivity index (χ0v) is 16.5. The standard InChI is InChI=1S/C21H25ClN2O4/c22-17-3-1-16(2-4-17)12-23-7-9-24(10-8-23)13-18(25)14-26-19-5-6-20-21(11-19)28-15-27-20/h1-6,11,18,25H,7-10,12-15H2/t18-/m1/s1. The third-order valence-electron chi connectivity index (χ3n) is 5.04. The van der Waals surface area contributed by atoms with Gasteiger partial charge in [0.1, 0.15) is 18.5 Å². The van der Waals surface area contributed by atoms with Crippen molar-refractivity contribution in [3.05, 3.63) is 53.1 Å².